The summed E-state index contributed by atoms with van der Waals surface area (Å²) in [6, 6.07) is 9.03. The van der Waals surface area contributed by atoms with Crippen LogP contribution in [0.5, 0.6) is 0 Å². The number of piperazine rings is 1. The van der Waals surface area contributed by atoms with Crippen LogP contribution in [-0.4, -0.2) is 52.0 Å². The van der Waals surface area contributed by atoms with Crippen molar-refractivity contribution in [1.29, 1.82) is 0 Å². The zero-order valence-electron chi connectivity index (χ0n) is 14.0. The maximum Gasteiger partial charge on any atom is 0.257 e. The van der Waals surface area contributed by atoms with E-state index in [9.17, 15) is 4.79 Å². The van der Waals surface area contributed by atoms with Crippen LogP contribution >= 0.6 is 11.6 Å². The Morgan fingerprint density at radius 2 is 2.04 bits per heavy atom. The molecule has 1 fully saturated rings. The van der Waals surface area contributed by atoms with Gasteiger partial charge in [0.1, 0.15) is 6.26 Å². The molecule has 1 aliphatic rings. The van der Waals surface area contributed by atoms with Crippen LogP contribution in [0.1, 0.15) is 16.2 Å². The maximum absolute atomic E-state index is 12.3. The van der Waals surface area contributed by atoms with Crippen molar-refractivity contribution in [2.24, 2.45) is 0 Å². The average molecular weight is 373 g/mol. The Kier molecular flexibility index (Phi) is 4.73. The molecule has 7 nitrogen and oxygen atoms in total. The molecule has 0 aliphatic carbocycles. The Bertz CT molecular complexity index is 885. The van der Waals surface area contributed by atoms with E-state index < -0.39 is 0 Å². The van der Waals surface area contributed by atoms with E-state index in [1.807, 2.05) is 17.0 Å². The third kappa shape index (κ3) is 3.63. The smallest absolute Gasteiger partial charge is 0.257 e. The normalized spacial score (nSPS) is 15.3. The van der Waals surface area contributed by atoms with Crippen LogP contribution in [0.25, 0.3) is 11.4 Å². The Hall–Kier alpha value is -2.64. The second-order valence-electron chi connectivity index (χ2n) is 6.10. The van der Waals surface area contributed by atoms with E-state index in [4.69, 9.17) is 20.5 Å². The molecule has 2 aromatic heterocycles. The fraction of sp³-hybridized carbons (Fsp3) is 0.278. The zero-order valence-corrected chi connectivity index (χ0v) is 14.7. The Balaban J connectivity index is 1.34. The molecule has 1 aliphatic heterocycles. The molecule has 0 atom stereocenters. The standard InChI is InChI=1S/C18H17ClN4O3/c19-15-3-1-2-13(10-15)17-20-16(26-21-17)11-22-5-7-23(8-6-22)18(24)14-4-9-25-12-14/h1-4,9-10,12H,5-8,11H2. The van der Waals surface area contributed by atoms with Gasteiger partial charge in [0.15, 0.2) is 0 Å². The molecule has 0 spiro atoms. The molecule has 0 N–H and O–H groups in total. The Morgan fingerprint density at radius 3 is 2.77 bits per heavy atom. The number of amides is 1. The first-order chi connectivity index (χ1) is 12.7. The van der Waals surface area contributed by atoms with Gasteiger partial charge in [-0.05, 0) is 18.2 Å². The number of carbonyl (C=O) groups excluding carboxylic acids is 1. The molecule has 3 heterocycles. The van der Waals surface area contributed by atoms with Crippen LogP contribution in [-0.2, 0) is 6.54 Å². The van der Waals surface area contributed by atoms with Gasteiger partial charge < -0.3 is 13.8 Å². The Morgan fingerprint density at radius 1 is 1.19 bits per heavy atom. The number of rotatable bonds is 4. The fourth-order valence-electron chi connectivity index (χ4n) is 2.93. The summed E-state index contributed by atoms with van der Waals surface area (Å²) in [5.41, 5.74) is 1.41. The second kappa shape index (κ2) is 7.31. The van der Waals surface area contributed by atoms with Crippen molar-refractivity contribution >= 4 is 17.5 Å². The predicted octanol–water partition coefficient (Wildman–Crippen LogP) is 2.94. The lowest BCUT2D eigenvalue weighted by Crippen LogP contribution is -2.48. The van der Waals surface area contributed by atoms with Crippen molar-refractivity contribution in [2.45, 2.75) is 6.54 Å². The van der Waals surface area contributed by atoms with Gasteiger partial charge in [0, 0.05) is 36.8 Å². The van der Waals surface area contributed by atoms with Crippen molar-refractivity contribution in [3.05, 3.63) is 59.3 Å². The van der Waals surface area contributed by atoms with Gasteiger partial charge in [-0.25, -0.2) is 0 Å². The molecular formula is C18H17ClN4O3. The quantitative estimate of drug-likeness (QED) is 0.701. The lowest BCUT2D eigenvalue weighted by molar-refractivity contribution is 0.0614. The van der Waals surface area contributed by atoms with E-state index in [0.29, 0.717) is 41.9 Å². The summed E-state index contributed by atoms with van der Waals surface area (Å²) in [5.74, 6) is 1.07. The molecule has 0 radical (unpaired) electrons. The molecule has 26 heavy (non-hydrogen) atoms. The number of carbonyl (C=O) groups is 1. The lowest BCUT2D eigenvalue weighted by Gasteiger charge is -2.33. The Labute approximate surface area is 155 Å². The number of hydrogen-bond donors (Lipinski definition) is 0. The first kappa shape index (κ1) is 16.8. The van der Waals surface area contributed by atoms with Crippen LogP contribution in [0.4, 0.5) is 0 Å². The molecule has 4 rings (SSSR count). The van der Waals surface area contributed by atoms with Gasteiger partial charge in [0.2, 0.25) is 11.7 Å². The second-order valence-corrected chi connectivity index (χ2v) is 6.54. The van der Waals surface area contributed by atoms with E-state index in [-0.39, 0.29) is 5.91 Å². The van der Waals surface area contributed by atoms with Crippen LogP contribution in [0, 0.1) is 0 Å². The van der Waals surface area contributed by atoms with Crippen LogP contribution < -0.4 is 0 Å². The minimum Gasteiger partial charge on any atom is -0.472 e. The molecule has 134 valence electrons. The molecule has 8 heteroatoms. The minimum atomic E-state index is -0.000525. The summed E-state index contributed by atoms with van der Waals surface area (Å²) >= 11 is 6.00. The van der Waals surface area contributed by atoms with E-state index in [0.717, 1.165) is 18.7 Å². The van der Waals surface area contributed by atoms with Crippen molar-refractivity contribution in [3.8, 4) is 11.4 Å². The first-order valence-electron chi connectivity index (χ1n) is 8.31. The minimum absolute atomic E-state index is 0.000525. The van der Waals surface area contributed by atoms with Crippen molar-refractivity contribution < 1.29 is 13.7 Å². The summed E-state index contributed by atoms with van der Waals surface area (Å²) in [6.07, 6.45) is 2.99. The molecule has 0 saturated carbocycles. The van der Waals surface area contributed by atoms with Gasteiger partial charge in [0.25, 0.3) is 5.91 Å². The largest absolute Gasteiger partial charge is 0.472 e. The van der Waals surface area contributed by atoms with Gasteiger partial charge in [-0.2, -0.15) is 4.98 Å². The third-order valence-electron chi connectivity index (χ3n) is 4.34. The van der Waals surface area contributed by atoms with Gasteiger partial charge >= 0.3 is 0 Å². The van der Waals surface area contributed by atoms with Crippen LogP contribution in [0.3, 0.4) is 0 Å². The summed E-state index contributed by atoms with van der Waals surface area (Å²) in [7, 11) is 0. The molecule has 1 saturated heterocycles. The molecule has 0 bridgehead atoms. The summed E-state index contributed by atoms with van der Waals surface area (Å²) < 4.78 is 10.3. The van der Waals surface area contributed by atoms with E-state index >= 15 is 0 Å². The van der Waals surface area contributed by atoms with E-state index in [1.54, 1.807) is 18.2 Å². The third-order valence-corrected chi connectivity index (χ3v) is 4.57. The predicted molar refractivity (Wildman–Crippen MR) is 94.6 cm³/mol. The van der Waals surface area contributed by atoms with Gasteiger partial charge in [0.05, 0.1) is 18.4 Å². The molecule has 1 aromatic carbocycles. The highest BCUT2D eigenvalue weighted by Crippen LogP contribution is 2.20. The van der Waals surface area contributed by atoms with Gasteiger partial charge in [-0.3, -0.25) is 9.69 Å². The van der Waals surface area contributed by atoms with Gasteiger partial charge in [-0.1, -0.05) is 28.9 Å². The maximum atomic E-state index is 12.3. The monoisotopic (exact) mass is 372 g/mol. The number of benzene rings is 1. The van der Waals surface area contributed by atoms with E-state index in [1.165, 1.54) is 12.5 Å². The topological polar surface area (TPSA) is 75.6 Å². The highest BCUT2D eigenvalue weighted by molar-refractivity contribution is 6.30. The molecule has 3 aromatic rings. The number of nitrogens with zero attached hydrogens (tertiary/aromatic N) is 4. The summed E-state index contributed by atoms with van der Waals surface area (Å²) in [5, 5.41) is 4.66. The van der Waals surface area contributed by atoms with E-state index in [2.05, 4.69) is 15.0 Å². The highest BCUT2D eigenvalue weighted by atomic mass is 35.5. The molecule has 1 amide bonds. The lowest BCUT2D eigenvalue weighted by atomic mass is 10.2. The number of aromatic nitrogens is 2. The number of furan rings is 1. The highest BCUT2D eigenvalue weighted by Gasteiger charge is 2.24. The van der Waals surface area contributed by atoms with Crippen LogP contribution in [0.2, 0.25) is 5.02 Å². The van der Waals surface area contributed by atoms with Gasteiger partial charge in [-0.15, -0.1) is 0 Å². The summed E-state index contributed by atoms with van der Waals surface area (Å²) in [4.78, 5) is 20.8. The number of halogens is 1. The SMILES string of the molecule is O=C(c1ccoc1)N1CCN(Cc2nc(-c3cccc(Cl)c3)no2)CC1. The fourth-order valence-corrected chi connectivity index (χ4v) is 3.12. The summed E-state index contributed by atoms with van der Waals surface area (Å²) in [6.45, 7) is 3.36. The molecular weight excluding hydrogens is 356 g/mol. The molecule has 0 unspecified atom stereocenters. The zero-order chi connectivity index (χ0) is 17.9. The van der Waals surface area contributed by atoms with Crippen LogP contribution in [0.15, 0.2) is 51.8 Å². The first-order valence-corrected chi connectivity index (χ1v) is 8.69. The van der Waals surface area contributed by atoms with Crippen molar-refractivity contribution in [3.63, 3.8) is 0 Å². The number of hydrogen-bond acceptors (Lipinski definition) is 6. The van der Waals surface area contributed by atoms with Crippen molar-refractivity contribution in [2.75, 3.05) is 26.2 Å². The van der Waals surface area contributed by atoms with Crippen molar-refractivity contribution in [1.82, 2.24) is 19.9 Å². The average Bonchev–Trinajstić information content (AvgIpc) is 3.34.